The summed E-state index contributed by atoms with van der Waals surface area (Å²) in [5, 5.41) is 22.0. The van der Waals surface area contributed by atoms with Crippen molar-refractivity contribution in [2.24, 2.45) is 5.41 Å². The number of nitriles is 1. The quantitative estimate of drug-likeness (QED) is 0.0458. The highest BCUT2D eigenvalue weighted by molar-refractivity contribution is 7.13. The number of benzene rings is 2. The minimum absolute atomic E-state index is 0.0518. The van der Waals surface area contributed by atoms with Crippen LogP contribution in [0.25, 0.3) is 16.1 Å². The van der Waals surface area contributed by atoms with Crippen molar-refractivity contribution in [1.82, 2.24) is 45.4 Å². The zero-order valence-electron chi connectivity index (χ0n) is 44.4. The number of imidazole rings is 1. The molecule has 3 aliphatic rings. The number of fused-ring (bicyclic) bond motifs is 3. The molecule has 1 saturated carbocycles. The van der Waals surface area contributed by atoms with Gasteiger partial charge in [0, 0.05) is 37.7 Å². The molecule has 3 atom stereocenters. The molecule has 0 unspecified atom stereocenters. The molecule has 8 rings (SSSR count). The van der Waals surface area contributed by atoms with Gasteiger partial charge in [0.15, 0.2) is 11.5 Å². The lowest BCUT2D eigenvalue weighted by molar-refractivity contribution is -0.144. The molecule has 2 fully saturated rings. The molecule has 404 valence electrons. The standard InChI is InChI=1S/C55H70N12O8S/c1-7-42-47-41(30-56)60-33-66(47)44-32-59-54(64-50(44)67(42)39-11-8-9-12-39)62-40-19-18-38(29-45(40)72-6)51(69)57-21-24-74-26-28-75-27-25-73-23-20-46(68)63-49(55(3,4)5)53(71)65-22-10-13-43(65)52(70)58-31-36-14-16-37(17-15-36)48-35(2)61-34-76-48/h14-19,29,32-34,39,42-43,49H,7-13,20-28,31H2,1-6H3,(H,57,69)(H,58,70)(H,63,68)(H,59,62,64)/t42-,43+,49-/m1/s1. The number of methoxy groups -OCH3 is 1. The number of aryl methyl sites for hydroxylation is 1. The summed E-state index contributed by atoms with van der Waals surface area (Å²) in [5.74, 6) is 0.512. The van der Waals surface area contributed by atoms with E-state index in [2.05, 4.69) is 54.1 Å². The Morgan fingerprint density at radius 1 is 0.908 bits per heavy atom. The Labute approximate surface area is 448 Å². The lowest BCUT2D eigenvalue weighted by atomic mass is 9.85. The molecule has 0 radical (unpaired) electrons. The van der Waals surface area contributed by atoms with E-state index >= 15 is 0 Å². The lowest BCUT2D eigenvalue weighted by Crippen LogP contribution is -2.57. The van der Waals surface area contributed by atoms with Gasteiger partial charge in [0.25, 0.3) is 5.91 Å². The largest absolute Gasteiger partial charge is 0.495 e. The Hall–Kier alpha value is -6.99. The van der Waals surface area contributed by atoms with Gasteiger partial charge in [-0.05, 0) is 73.8 Å². The highest BCUT2D eigenvalue weighted by Gasteiger charge is 2.42. The molecule has 1 saturated heterocycles. The molecule has 20 nitrogen and oxygen atoms in total. The number of thiazole rings is 1. The second-order valence-corrected chi connectivity index (χ2v) is 21.1. The minimum Gasteiger partial charge on any atom is -0.495 e. The number of likely N-dealkylation sites (tertiary alicyclic amines) is 1. The first kappa shape index (κ1) is 55.2. The Morgan fingerprint density at radius 2 is 1.64 bits per heavy atom. The van der Waals surface area contributed by atoms with E-state index in [1.54, 1.807) is 47.0 Å². The van der Waals surface area contributed by atoms with E-state index in [4.69, 9.17) is 23.9 Å². The number of nitrogens with zero attached hydrogens (tertiary/aromatic N) is 8. The van der Waals surface area contributed by atoms with Crippen LogP contribution in [0.3, 0.4) is 0 Å². The molecule has 4 amide bonds. The maximum absolute atomic E-state index is 14.0. The van der Waals surface area contributed by atoms with Crippen LogP contribution in [0.4, 0.5) is 17.5 Å². The summed E-state index contributed by atoms with van der Waals surface area (Å²) in [6.45, 7) is 12.4. The number of ether oxygens (including phenoxy) is 4. The van der Waals surface area contributed by atoms with Crippen molar-refractivity contribution in [3.05, 3.63) is 88.7 Å². The molecule has 5 aromatic rings. The van der Waals surface area contributed by atoms with Crippen LogP contribution < -0.4 is 30.9 Å². The van der Waals surface area contributed by atoms with Crippen LogP contribution >= 0.6 is 11.3 Å². The Kier molecular flexibility index (Phi) is 18.7. The van der Waals surface area contributed by atoms with E-state index in [-0.39, 0.29) is 68.5 Å². The number of rotatable bonds is 24. The molecule has 76 heavy (non-hydrogen) atoms. The van der Waals surface area contributed by atoms with Crippen molar-refractivity contribution in [2.45, 2.75) is 117 Å². The summed E-state index contributed by atoms with van der Waals surface area (Å²) in [7, 11) is 1.54. The maximum Gasteiger partial charge on any atom is 0.251 e. The molecule has 21 heteroatoms. The number of hydrogen-bond acceptors (Lipinski definition) is 16. The van der Waals surface area contributed by atoms with Gasteiger partial charge in [0.1, 0.15) is 35.9 Å². The second-order valence-electron chi connectivity index (χ2n) is 20.3. The molecule has 3 aromatic heterocycles. The molecule has 0 bridgehead atoms. The van der Waals surface area contributed by atoms with Crippen LogP contribution in [-0.2, 0) is 35.1 Å². The van der Waals surface area contributed by atoms with Crippen molar-refractivity contribution < 1.29 is 38.1 Å². The van der Waals surface area contributed by atoms with Gasteiger partial charge in [-0.2, -0.15) is 10.2 Å². The first-order valence-corrected chi connectivity index (χ1v) is 27.1. The number of anilines is 3. The van der Waals surface area contributed by atoms with Gasteiger partial charge in [-0.1, -0.05) is 64.8 Å². The number of hydrogen-bond donors (Lipinski definition) is 4. The topological polar surface area (TPSA) is 240 Å². The van der Waals surface area contributed by atoms with Crippen LogP contribution in [0, 0.1) is 23.7 Å². The van der Waals surface area contributed by atoms with Gasteiger partial charge >= 0.3 is 0 Å². The molecular formula is C55H70N12O8S. The third-order valence-electron chi connectivity index (χ3n) is 14.1. The zero-order valence-corrected chi connectivity index (χ0v) is 45.2. The van der Waals surface area contributed by atoms with Crippen LogP contribution in [-0.4, -0.2) is 131 Å². The van der Waals surface area contributed by atoms with Gasteiger partial charge in [-0.3, -0.25) is 23.7 Å². The highest BCUT2D eigenvalue weighted by Crippen LogP contribution is 2.45. The average Bonchev–Trinajstić information content (AvgIpc) is 4.33. The van der Waals surface area contributed by atoms with Crippen molar-refractivity contribution >= 4 is 52.4 Å². The van der Waals surface area contributed by atoms with Crippen LogP contribution in [0.1, 0.15) is 118 Å². The Bertz CT molecular complexity index is 2850. The van der Waals surface area contributed by atoms with Gasteiger partial charge in [-0.25, -0.2) is 15.0 Å². The summed E-state index contributed by atoms with van der Waals surface area (Å²) >= 11 is 1.59. The van der Waals surface area contributed by atoms with Crippen molar-refractivity contribution in [2.75, 3.05) is 70.1 Å². The molecule has 1 aliphatic carbocycles. The Balaban J connectivity index is 0.704. The molecular weight excluding hydrogens is 989 g/mol. The Morgan fingerprint density at radius 3 is 2.33 bits per heavy atom. The smallest absolute Gasteiger partial charge is 0.251 e. The molecule has 4 N–H and O–H groups in total. The first-order chi connectivity index (χ1) is 36.8. The van der Waals surface area contributed by atoms with E-state index < -0.39 is 17.5 Å². The summed E-state index contributed by atoms with van der Waals surface area (Å²) in [5.41, 5.74) is 7.31. The maximum atomic E-state index is 14.0. The number of amides is 4. The molecule has 2 aromatic carbocycles. The van der Waals surface area contributed by atoms with Crippen LogP contribution in [0.15, 0.2) is 60.5 Å². The predicted octanol–water partition coefficient (Wildman–Crippen LogP) is 6.94. The summed E-state index contributed by atoms with van der Waals surface area (Å²) in [6, 6.07) is 14.2. The van der Waals surface area contributed by atoms with E-state index in [0.717, 1.165) is 71.0 Å². The van der Waals surface area contributed by atoms with Gasteiger partial charge < -0.3 is 50.0 Å². The minimum atomic E-state index is -0.827. The van der Waals surface area contributed by atoms with E-state index in [1.807, 2.05) is 62.0 Å². The van der Waals surface area contributed by atoms with Crippen molar-refractivity contribution in [3.8, 4) is 27.9 Å². The van der Waals surface area contributed by atoms with Gasteiger partial charge in [-0.15, -0.1) is 11.3 Å². The summed E-state index contributed by atoms with van der Waals surface area (Å²) in [6.07, 6.45) is 9.91. The molecule has 2 aliphatic heterocycles. The van der Waals surface area contributed by atoms with Crippen molar-refractivity contribution in [3.63, 3.8) is 0 Å². The predicted molar refractivity (Wildman–Crippen MR) is 288 cm³/mol. The fourth-order valence-electron chi connectivity index (χ4n) is 10.1. The number of carbonyl (C=O) groups is 4. The first-order valence-electron chi connectivity index (χ1n) is 26.3. The number of nitrogens with one attached hydrogen (secondary N) is 4. The normalized spacial score (nSPS) is 16.6. The van der Waals surface area contributed by atoms with Crippen LogP contribution in [0.5, 0.6) is 5.75 Å². The van der Waals surface area contributed by atoms with Crippen molar-refractivity contribution in [1.29, 1.82) is 5.26 Å². The van der Waals surface area contributed by atoms with E-state index in [9.17, 15) is 24.4 Å². The molecule has 5 heterocycles. The fourth-order valence-corrected chi connectivity index (χ4v) is 10.9. The SMILES string of the molecule is CC[C@@H]1c2c(C#N)ncn2-c2cnc(Nc3ccc(C(=O)NCCOCCOCCOCCC(=O)N[C@H](C(=O)N4CCC[C@H]4C(=O)NCc4ccc(-c5scnc5C)cc4)C(C)(C)C)cc3OC)nc2N1C1CCCC1. The number of aromatic nitrogens is 5. The second kappa shape index (κ2) is 25.7. The van der Waals surface area contributed by atoms with Gasteiger partial charge in [0.2, 0.25) is 23.7 Å². The lowest BCUT2D eigenvalue weighted by Gasteiger charge is -2.41. The number of carbonyl (C=O) groups excluding carboxylic acids is 4. The third kappa shape index (κ3) is 13.2. The fraction of sp³-hybridized carbons (Fsp3) is 0.509. The molecule has 0 spiro atoms. The van der Waals surface area contributed by atoms with E-state index in [1.165, 1.54) is 7.11 Å². The average molecular weight is 1060 g/mol. The monoisotopic (exact) mass is 1060 g/mol. The summed E-state index contributed by atoms with van der Waals surface area (Å²) in [4.78, 5) is 77.0. The summed E-state index contributed by atoms with van der Waals surface area (Å²) < 4.78 is 24.6. The van der Waals surface area contributed by atoms with Crippen LogP contribution in [0.2, 0.25) is 0 Å². The zero-order chi connectivity index (χ0) is 53.8. The van der Waals surface area contributed by atoms with E-state index in [0.29, 0.717) is 74.4 Å². The van der Waals surface area contributed by atoms with Gasteiger partial charge in [0.05, 0.1) is 86.5 Å². The third-order valence-corrected chi connectivity index (χ3v) is 15.0. The highest BCUT2D eigenvalue weighted by atomic mass is 32.1.